The number of hydrogen-bond donors (Lipinski definition) is 3. The van der Waals surface area contributed by atoms with Crippen LogP contribution < -0.4 is 27.2 Å². The van der Waals surface area contributed by atoms with Gasteiger partial charge < -0.3 is 10.6 Å². The highest BCUT2D eigenvalue weighted by Crippen LogP contribution is 2.25. The lowest BCUT2D eigenvalue weighted by molar-refractivity contribution is 0.236. The molecule has 0 unspecified atom stereocenters. The summed E-state index contributed by atoms with van der Waals surface area (Å²) in [5.74, 6) is 0. The summed E-state index contributed by atoms with van der Waals surface area (Å²) >= 11 is 1.40. The van der Waals surface area contributed by atoms with E-state index >= 15 is 0 Å². The first-order valence-corrected chi connectivity index (χ1v) is 10.5. The molecule has 3 aromatic rings. The van der Waals surface area contributed by atoms with Crippen molar-refractivity contribution in [2.75, 3.05) is 18.4 Å². The molecule has 0 spiro atoms. The number of rotatable bonds is 8. The Balaban J connectivity index is 1.27. The van der Waals surface area contributed by atoms with Gasteiger partial charge in [0.15, 0.2) is 5.13 Å². The van der Waals surface area contributed by atoms with Crippen molar-refractivity contribution in [2.45, 2.75) is 25.7 Å². The quantitative estimate of drug-likeness (QED) is 0.456. The number of hydrogen-bond acceptors (Lipinski definition) is 6. The normalized spacial score (nSPS) is 10.7. The van der Waals surface area contributed by atoms with Gasteiger partial charge in [0.05, 0.1) is 10.2 Å². The van der Waals surface area contributed by atoms with Gasteiger partial charge in [0, 0.05) is 25.4 Å². The zero-order valence-electron chi connectivity index (χ0n) is 16.5. The Bertz CT molecular complexity index is 1150. The maximum Gasteiger partial charge on any atom is 0.368 e. The zero-order valence-corrected chi connectivity index (χ0v) is 17.3. The van der Waals surface area contributed by atoms with Crippen molar-refractivity contribution in [3.05, 3.63) is 57.4 Å². The third-order valence-corrected chi connectivity index (χ3v) is 5.28. The number of anilines is 1. The second-order valence-electron chi connectivity index (χ2n) is 6.60. The van der Waals surface area contributed by atoms with Crippen LogP contribution in [-0.4, -0.2) is 39.5 Å². The van der Waals surface area contributed by atoms with Crippen LogP contribution in [-0.2, 0) is 0 Å². The molecule has 3 amide bonds. The lowest BCUT2D eigenvalue weighted by Crippen LogP contribution is -2.42. The third kappa shape index (κ3) is 5.98. The Hall–Kier alpha value is -3.54. The maximum atomic E-state index is 13.2. The summed E-state index contributed by atoms with van der Waals surface area (Å²) in [5.41, 5.74) is -1.64. The summed E-state index contributed by atoms with van der Waals surface area (Å²) in [6.07, 6.45) is 3.95. The predicted octanol–water partition coefficient (Wildman–Crippen LogP) is 2.29. The molecule has 2 aromatic heterocycles. The van der Waals surface area contributed by atoms with Crippen LogP contribution in [0, 0.1) is 0 Å². The molecule has 0 fully saturated rings. The van der Waals surface area contributed by atoms with Gasteiger partial charge in [-0.1, -0.05) is 45.6 Å². The third-order valence-electron chi connectivity index (χ3n) is 4.33. The van der Waals surface area contributed by atoms with Crippen molar-refractivity contribution in [1.82, 2.24) is 25.0 Å². The van der Waals surface area contributed by atoms with Crippen molar-refractivity contribution in [3.8, 4) is 0 Å². The number of amides is 3. The summed E-state index contributed by atoms with van der Waals surface area (Å²) in [4.78, 5) is 50.0. The zero-order chi connectivity index (χ0) is 22.2. The van der Waals surface area contributed by atoms with Gasteiger partial charge in [0.25, 0.3) is 5.56 Å². The molecule has 3 rings (SSSR count). The molecule has 0 bridgehead atoms. The molecule has 0 atom stereocenters. The van der Waals surface area contributed by atoms with Crippen LogP contribution in [0.1, 0.15) is 25.7 Å². The minimum absolute atomic E-state index is 0.294. The largest absolute Gasteiger partial charge is 0.368 e. The number of carbonyl (C=O) groups is 2. The highest BCUT2D eigenvalue weighted by Gasteiger charge is 2.10. The van der Waals surface area contributed by atoms with Gasteiger partial charge in [0.2, 0.25) is 0 Å². The molecule has 0 saturated carbocycles. The first kappa shape index (κ1) is 22.2. The minimum Gasteiger partial charge on any atom is -0.338 e. The first-order valence-electron chi connectivity index (χ1n) is 9.65. The van der Waals surface area contributed by atoms with Crippen molar-refractivity contribution in [3.63, 3.8) is 0 Å². The molecule has 0 aliphatic heterocycles. The number of fused-ring (bicyclic) bond motifs is 1. The fourth-order valence-corrected chi connectivity index (χ4v) is 3.62. The summed E-state index contributed by atoms with van der Waals surface area (Å²) in [6.45, 7) is 0.790. The number of para-hydroxylation sites is 1. The van der Waals surface area contributed by atoms with Gasteiger partial charge in [-0.2, -0.15) is 0 Å². The van der Waals surface area contributed by atoms with E-state index in [0.717, 1.165) is 41.7 Å². The van der Waals surface area contributed by atoms with Gasteiger partial charge in [-0.25, -0.2) is 23.9 Å². The van der Waals surface area contributed by atoms with E-state index in [9.17, 15) is 23.7 Å². The standard InChI is InChI=1S/C19H21FN6O4S/c20-26-15(27)9-12-25(19(26)30)18(29)22-11-6-2-1-5-10-21-16(28)24-17-23-13-7-3-4-8-14(13)31-17/h3-4,7-9,12H,1-2,5-6,10-11H2,(H,22,29)(H2,21,23,24,28). The number of thiazole rings is 1. The SMILES string of the molecule is O=C(NCCCCCCNC(=O)n1ccc(=O)n(F)c1=O)Nc1nc2ccccc2s1. The minimum atomic E-state index is -1.35. The number of nitrogens with one attached hydrogen (secondary N) is 3. The molecule has 0 aliphatic carbocycles. The van der Waals surface area contributed by atoms with Crippen molar-refractivity contribution < 1.29 is 14.1 Å². The number of benzene rings is 1. The molecule has 2 heterocycles. The fraction of sp³-hybridized carbons (Fsp3) is 0.316. The summed E-state index contributed by atoms with van der Waals surface area (Å²) in [5, 5.41) is 8.51. The van der Waals surface area contributed by atoms with Crippen LogP contribution in [0.3, 0.4) is 0 Å². The molecule has 0 saturated heterocycles. The average Bonchev–Trinajstić information content (AvgIpc) is 3.16. The predicted molar refractivity (Wildman–Crippen MR) is 115 cm³/mol. The van der Waals surface area contributed by atoms with E-state index in [2.05, 4.69) is 20.9 Å². The monoisotopic (exact) mass is 448 g/mol. The van der Waals surface area contributed by atoms with Crippen LogP contribution >= 0.6 is 11.3 Å². The van der Waals surface area contributed by atoms with E-state index < -0.39 is 22.1 Å². The molecule has 10 nitrogen and oxygen atoms in total. The van der Waals surface area contributed by atoms with Crippen LogP contribution in [0.2, 0.25) is 0 Å². The Labute approximate surface area is 179 Å². The number of urea groups is 1. The Morgan fingerprint density at radius 1 is 1.00 bits per heavy atom. The first-order chi connectivity index (χ1) is 15.0. The number of halogens is 1. The molecule has 0 radical (unpaired) electrons. The molecule has 31 heavy (non-hydrogen) atoms. The highest BCUT2D eigenvalue weighted by molar-refractivity contribution is 7.22. The summed E-state index contributed by atoms with van der Waals surface area (Å²) in [6, 6.07) is 7.31. The fourth-order valence-electron chi connectivity index (χ4n) is 2.76. The van der Waals surface area contributed by atoms with Gasteiger partial charge in [0.1, 0.15) is 0 Å². The Morgan fingerprint density at radius 2 is 1.71 bits per heavy atom. The maximum absolute atomic E-state index is 13.2. The summed E-state index contributed by atoms with van der Waals surface area (Å²) < 4.78 is 14.7. The molecule has 12 heteroatoms. The second kappa shape index (κ2) is 10.5. The average molecular weight is 448 g/mol. The molecule has 3 N–H and O–H groups in total. The van der Waals surface area contributed by atoms with Crippen molar-refractivity contribution >= 4 is 38.7 Å². The van der Waals surface area contributed by atoms with E-state index in [4.69, 9.17) is 0 Å². The van der Waals surface area contributed by atoms with Crippen LogP contribution in [0.25, 0.3) is 10.2 Å². The lowest BCUT2D eigenvalue weighted by atomic mass is 10.2. The number of carbonyl (C=O) groups excluding carboxylic acids is 2. The molecule has 0 aliphatic rings. The highest BCUT2D eigenvalue weighted by atomic mass is 32.1. The molecular weight excluding hydrogens is 427 g/mol. The molecule has 1 aromatic carbocycles. The van der Waals surface area contributed by atoms with E-state index in [0.29, 0.717) is 29.2 Å². The van der Waals surface area contributed by atoms with Crippen molar-refractivity contribution in [1.29, 1.82) is 0 Å². The smallest absolute Gasteiger partial charge is 0.338 e. The summed E-state index contributed by atoms with van der Waals surface area (Å²) in [7, 11) is 0. The van der Waals surface area contributed by atoms with Crippen LogP contribution in [0.5, 0.6) is 0 Å². The van der Waals surface area contributed by atoms with E-state index in [-0.39, 0.29) is 6.03 Å². The number of aromatic nitrogens is 3. The Morgan fingerprint density at radius 3 is 2.45 bits per heavy atom. The molecule has 164 valence electrons. The van der Waals surface area contributed by atoms with Gasteiger partial charge in [-0.05, 0) is 25.0 Å². The Kier molecular flexibility index (Phi) is 7.49. The van der Waals surface area contributed by atoms with E-state index in [1.807, 2.05) is 24.3 Å². The number of nitrogens with zero attached hydrogens (tertiary/aromatic N) is 3. The van der Waals surface area contributed by atoms with E-state index in [1.54, 1.807) is 0 Å². The molecular formula is C19H21FN6O4S. The van der Waals surface area contributed by atoms with Crippen LogP contribution in [0.4, 0.5) is 19.2 Å². The second-order valence-corrected chi connectivity index (χ2v) is 7.63. The van der Waals surface area contributed by atoms with Gasteiger partial charge >= 0.3 is 17.8 Å². The van der Waals surface area contributed by atoms with E-state index in [1.165, 1.54) is 11.3 Å². The lowest BCUT2D eigenvalue weighted by Gasteiger charge is -2.07. The van der Waals surface area contributed by atoms with Gasteiger partial charge in [-0.15, -0.1) is 0 Å². The number of unbranched alkanes of at least 4 members (excludes halogenated alkanes) is 3. The van der Waals surface area contributed by atoms with Crippen molar-refractivity contribution in [2.24, 2.45) is 0 Å². The van der Waals surface area contributed by atoms with Gasteiger partial charge in [-0.3, -0.25) is 10.1 Å². The topological polar surface area (TPSA) is 127 Å². The van der Waals surface area contributed by atoms with Crippen LogP contribution in [0.15, 0.2) is 46.1 Å².